The van der Waals surface area contributed by atoms with E-state index < -0.39 is 29.4 Å². The van der Waals surface area contributed by atoms with E-state index in [2.05, 4.69) is 15.6 Å². The van der Waals surface area contributed by atoms with Crippen LogP contribution in [0.2, 0.25) is 5.02 Å². The molecule has 2 N–H and O–H groups in total. The van der Waals surface area contributed by atoms with Crippen LogP contribution in [0.1, 0.15) is 63.0 Å². The highest BCUT2D eigenvalue weighted by molar-refractivity contribution is 6.32. The number of alkyl carbamates (subject to hydrolysis) is 2. The molecule has 2 amide bonds. The Morgan fingerprint density at radius 2 is 1.40 bits per heavy atom. The molecule has 10 heteroatoms. The molecule has 0 fully saturated rings. The smallest absolute Gasteiger partial charge is 0.414 e. The predicted octanol–water partition coefficient (Wildman–Crippen LogP) is 7.85. The Morgan fingerprint density at radius 3 is 1.93 bits per heavy atom. The number of carbonyl (C=O) groups excluding carboxylic acids is 3. The molecule has 9 nitrogen and oxygen atoms in total. The van der Waals surface area contributed by atoms with E-state index >= 15 is 0 Å². The number of nitrogens with one attached hydrogen (secondary N) is 2. The van der Waals surface area contributed by atoms with Crippen LogP contribution in [-0.4, -0.2) is 35.3 Å². The van der Waals surface area contributed by atoms with Gasteiger partial charge in [0, 0.05) is 6.07 Å². The van der Waals surface area contributed by atoms with Gasteiger partial charge < -0.3 is 14.2 Å². The average molecular weight is 606 g/mol. The number of benzene rings is 3. The number of halogens is 1. The average Bonchev–Trinajstić information content (AvgIpc) is 2.88. The van der Waals surface area contributed by atoms with E-state index in [0.717, 1.165) is 12.0 Å². The van der Waals surface area contributed by atoms with Crippen molar-refractivity contribution in [2.75, 3.05) is 0 Å². The number of guanidine groups is 1. The second-order valence-electron chi connectivity index (χ2n) is 11.4. The molecule has 43 heavy (non-hydrogen) atoms. The van der Waals surface area contributed by atoms with E-state index in [1.54, 1.807) is 59.7 Å². The summed E-state index contributed by atoms with van der Waals surface area (Å²) in [5, 5.41) is 5.26. The first-order valence-corrected chi connectivity index (χ1v) is 14.0. The normalized spacial score (nSPS) is 11.4. The van der Waals surface area contributed by atoms with Crippen molar-refractivity contribution in [3.05, 3.63) is 101 Å². The van der Waals surface area contributed by atoms with Crippen molar-refractivity contribution < 1.29 is 28.6 Å². The zero-order valence-corrected chi connectivity index (χ0v) is 25.8. The van der Waals surface area contributed by atoms with E-state index in [-0.39, 0.29) is 11.5 Å². The number of nitrogens with zero attached hydrogens (tertiary/aromatic N) is 1. The van der Waals surface area contributed by atoms with Crippen LogP contribution in [0.5, 0.6) is 5.75 Å². The monoisotopic (exact) mass is 605 g/mol. The van der Waals surface area contributed by atoms with Crippen molar-refractivity contribution in [3.63, 3.8) is 0 Å². The molecule has 0 atom stereocenters. The molecule has 0 bridgehead atoms. The summed E-state index contributed by atoms with van der Waals surface area (Å²) in [7, 11) is 0. The van der Waals surface area contributed by atoms with Crippen LogP contribution in [0, 0.1) is 0 Å². The van der Waals surface area contributed by atoms with E-state index in [1.807, 2.05) is 42.5 Å². The van der Waals surface area contributed by atoms with Gasteiger partial charge in [-0.1, -0.05) is 54.1 Å². The van der Waals surface area contributed by atoms with Gasteiger partial charge in [0.25, 0.3) is 0 Å². The molecule has 0 radical (unpaired) electrons. The molecule has 0 spiro atoms. The molecule has 0 aromatic heterocycles. The fraction of sp³-hybridized carbons (Fsp3) is 0.273. The lowest BCUT2D eigenvalue weighted by Gasteiger charge is -2.22. The summed E-state index contributed by atoms with van der Waals surface area (Å²) in [5.41, 5.74) is 1.03. The van der Waals surface area contributed by atoms with Crippen LogP contribution in [0.3, 0.4) is 0 Å². The lowest BCUT2D eigenvalue weighted by atomic mass is 10.1. The third-order valence-corrected chi connectivity index (χ3v) is 5.59. The highest BCUT2D eigenvalue weighted by Gasteiger charge is 2.21. The van der Waals surface area contributed by atoms with Gasteiger partial charge in [0.2, 0.25) is 5.96 Å². The topological polar surface area (TPSA) is 115 Å². The van der Waals surface area contributed by atoms with Crippen LogP contribution in [0.4, 0.5) is 15.3 Å². The van der Waals surface area contributed by atoms with Crippen molar-refractivity contribution in [3.8, 4) is 5.75 Å². The summed E-state index contributed by atoms with van der Waals surface area (Å²) in [5.74, 6) is -0.521. The minimum absolute atomic E-state index is 0.216. The van der Waals surface area contributed by atoms with Crippen LogP contribution in [0.25, 0.3) is 6.08 Å². The number of esters is 1. The van der Waals surface area contributed by atoms with Gasteiger partial charge in [0.1, 0.15) is 17.0 Å². The third-order valence-electron chi connectivity index (χ3n) is 5.26. The molecule has 0 aliphatic rings. The van der Waals surface area contributed by atoms with E-state index in [0.29, 0.717) is 16.5 Å². The van der Waals surface area contributed by atoms with Crippen LogP contribution >= 0.6 is 11.6 Å². The summed E-state index contributed by atoms with van der Waals surface area (Å²) >= 11 is 6.42. The van der Waals surface area contributed by atoms with Gasteiger partial charge in [0.05, 0.1) is 16.3 Å². The van der Waals surface area contributed by atoms with Crippen LogP contribution < -0.4 is 15.4 Å². The standard InChI is InChI=1S/C33H36ClN3O6/c1-32(2,3)42-30(39)36-29(37-31(40)43-33(4,5)6)35-25-18-15-24(16-19-25)28(38)41-26-20-17-23(27(34)21-26)14-10-13-22-11-8-7-9-12-22/h7-12,14-21H,13H2,1-6H3,(H2,35,36,37,39,40). The molecule has 3 aromatic rings. The van der Waals surface area contributed by atoms with Crippen molar-refractivity contribution in [1.82, 2.24) is 10.6 Å². The number of hydrogen-bond donors (Lipinski definition) is 2. The maximum absolute atomic E-state index is 12.8. The molecule has 0 aliphatic heterocycles. The lowest BCUT2D eigenvalue weighted by molar-refractivity contribution is 0.0544. The summed E-state index contributed by atoms with van der Waals surface area (Å²) in [6.07, 6.45) is 3.06. The number of aliphatic imine (C=N–C) groups is 1. The highest BCUT2D eigenvalue weighted by atomic mass is 35.5. The van der Waals surface area contributed by atoms with Gasteiger partial charge in [0.15, 0.2) is 0 Å². The molecule has 0 heterocycles. The molecule has 3 rings (SSSR count). The van der Waals surface area contributed by atoms with Gasteiger partial charge in [-0.25, -0.2) is 19.4 Å². The van der Waals surface area contributed by atoms with E-state index in [4.69, 9.17) is 25.8 Å². The quantitative estimate of drug-likeness (QED) is 0.128. The van der Waals surface area contributed by atoms with E-state index in [1.165, 1.54) is 29.8 Å². The minimum Gasteiger partial charge on any atom is -0.444 e. The minimum atomic E-state index is -0.820. The first-order valence-electron chi connectivity index (χ1n) is 13.6. The lowest BCUT2D eigenvalue weighted by Crippen LogP contribution is -2.47. The van der Waals surface area contributed by atoms with Gasteiger partial charge in [-0.05, 0) is 95.5 Å². The maximum Gasteiger partial charge on any atom is 0.414 e. The summed E-state index contributed by atoms with van der Waals surface area (Å²) in [6, 6.07) is 21.1. The fourth-order valence-corrected chi connectivity index (χ4v) is 3.73. The number of hydrogen-bond acceptors (Lipinski definition) is 7. The number of rotatable bonds is 6. The van der Waals surface area contributed by atoms with Crippen molar-refractivity contribution >= 4 is 47.5 Å². The van der Waals surface area contributed by atoms with Crippen molar-refractivity contribution in [1.29, 1.82) is 0 Å². The third kappa shape index (κ3) is 12.0. The molecule has 3 aromatic carbocycles. The van der Waals surface area contributed by atoms with Crippen LogP contribution in [-0.2, 0) is 15.9 Å². The zero-order chi connectivity index (χ0) is 31.6. The Balaban J connectivity index is 1.68. The number of carbonyl (C=O) groups is 3. The second kappa shape index (κ2) is 14.5. The first kappa shape index (κ1) is 32.9. The summed E-state index contributed by atoms with van der Waals surface area (Å²) in [4.78, 5) is 41.7. The number of ether oxygens (including phenoxy) is 3. The molecule has 0 unspecified atom stereocenters. The Morgan fingerprint density at radius 1 is 0.814 bits per heavy atom. The maximum atomic E-state index is 12.8. The first-order chi connectivity index (χ1) is 20.2. The Labute approximate surface area is 256 Å². The summed E-state index contributed by atoms with van der Waals surface area (Å²) < 4.78 is 16.0. The molecule has 226 valence electrons. The van der Waals surface area contributed by atoms with Gasteiger partial charge >= 0.3 is 18.2 Å². The predicted molar refractivity (Wildman–Crippen MR) is 168 cm³/mol. The Kier molecular flexibility index (Phi) is 11.1. The van der Waals surface area contributed by atoms with Gasteiger partial charge in [-0.15, -0.1) is 0 Å². The number of amides is 2. The molecular weight excluding hydrogens is 570 g/mol. The number of allylic oxidation sites excluding steroid dienone is 1. The second-order valence-corrected chi connectivity index (χ2v) is 11.8. The molecular formula is C33H36ClN3O6. The zero-order valence-electron chi connectivity index (χ0n) is 25.1. The van der Waals surface area contributed by atoms with Gasteiger partial charge in [-0.3, -0.25) is 10.6 Å². The fourth-order valence-electron chi connectivity index (χ4n) is 3.50. The largest absolute Gasteiger partial charge is 0.444 e. The SMILES string of the molecule is CC(C)(C)OC(=O)NC(=Nc1ccc(C(=O)Oc2ccc(C=CCc3ccccc3)c(Cl)c2)cc1)NC(=O)OC(C)(C)C. The Bertz CT molecular complexity index is 1460. The van der Waals surface area contributed by atoms with Crippen LogP contribution in [0.15, 0.2) is 83.9 Å². The molecule has 0 saturated heterocycles. The molecule has 0 aliphatic carbocycles. The van der Waals surface area contributed by atoms with Gasteiger partial charge in [-0.2, -0.15) is 0 Å². The highest BCUT2D eigenvalue weighted by Crippen LogP contribution is 2.25. The van der Waals surface area contributed by atoms with Crippen molar-refractivity contribution in [2.45, 2.75) is 59.2 Å². The van der Waals surface area contributed by atoms with Crippen molar-refractivity contribution in [2.24, 2.45) is 4.99 Å². The molecule has 0 saturated carbocycles. The van der Waals surface area contributed by atoms with E-state index in [9.17, 15) is 14.4 Å². The Hall–Kier alpha value is -4.63. The summed E-state index contributed by atoms with van der Waals surface area (Å²) in [6.45, 7) is 10.2.